The monoisotopic (exact) mass is 619 g/mol. The van der Waals surface area contributed by atoms with Crippen LogP contribution in [0.5, 0.6) is 0 Å². The number of aromatic amines is 1. The number of aliphatic hydroxyl groups excluding tert-OH is 2. The summed E-state index contributed by atoms with van der Waals surface area (Å²) in [6.07, 6.45) is 2.17. The van der Waals surface area contributed by atoms with Crippen LogP contribution in [-0.4, -0.2) is 77.6 Å². The Hall–Kier alpha value is -5.12. The molecule has 6 N–H and O–H groups in total. The summed E-state index contributed by atoms with van der Waals surface area (Å²) in [6.45, 7) is 0. The van der Waals surface area contributed by atoms with E-state index < -0.39 is 48.0 Å². The van der Waals surface area contributed by atoms with Crippen LogP contribution in [0.4, 0.5) is 16.2 Å². The van der Waals surface area contributed by atoms with Gasteiger partial charge in [0.2, 0.25) is 11.8 Å². The summed E-state index contributed by atoms with van der Waals surface area (Å²) >= 11 is 6.19. The van der Waals surface area contributed by atoms with Crippen molar-refractivity contribution in [2.45, 2.75) is 30.6 Å². The molecular formula is C28H26ClN9O6. The van der Waals surface area contributed by atoms with Gasteiger partial charge in [0.1, 0.15) is 17.7 Å². The Morgan fingerprint density at radius 2 is 2.07 bits per heavy atom. The average molecular weight is 620 g/mol. The zero-order chi connectivity index (χ0) is 31.0. The molecule has 1 aliphatic carbocycles. The topological polar surface area (TPSA) is 209 Å². The smallest absolute Gasteiger partial charge is 0.411 e. The first-order chi connectivity index (χ1) is 21.2. The van der Waals surface area contributed by atoms with E-state index in [-0.39, 0.29) is 6.42 Å². The number of H-pyrrole nitrogens is 1. The van der Waals surface area contributed by atoms with Crippen molar-refractivity contribution in [3.63, 3.8) is 0 Å². The molecule has 44 heavy (non-hydrogen) atoms. The lowest BCUT2D eigenvalue weighted by Crippen LogP contribution is -2.41. The van der Waals surface area contributed by atoms with E-state index in [4.69, 9.17) is 11.6 Å². The van der Waals surface area contributed by atoms with Gasteiger partial charge in [-0.1, -0.05) is 11.6 Å². The molecule has 2 aromatic carbocycles. The fourth-order valence-electron chi connectivity index (χ4n) is 5.34. The minimum Gasteiger partial charge on any atom is -0.453 e. The van der Waals surface area contributed by atoms with Crippen LogP contribution in [0.3, 0.4) is 0 Å². The summed E-state index contributed by atoms with van der Waals surface area (Å²) in [4.78, 5) is 45.6. The second kappa shape index (κ2) is 11.5. The normalized spacial score (nSPS) is 22.5. The van der Waals surface area contributed by atoms with Gasteiger partial charge in [-0.05, 0) is 59.3 Å². The standard InChI is InChI=1S/C28H26ClN9O6/c1-44-27(43)32-16-4-5-17-19(9-16)33-24(41)10-22(39)25(42)18-11-28(18,26-30-12-20(17)34-26)35-23(40)7-2-14-8-15(29)3-6-21(14)38-13-31-36-37-38/h2-9,12-13,18,22,25,39,42H,10-11H2,1H3,(H,30,34)(H,32,43)(H,33,41)(H,35,40)/b7-2+/t18-,22?,25?,28+/m0/s1. The number of imidazole rings is 1. The molecule has 4 atom stereocenters. The van der Waals surface area contributed by atoms with E-state index in [1.807, 2.05) is 0 Å². The number of methoxy groups -OCH3 is 1. The van der Waals surface area contributed by atoms with Crippen molar-refractivity contribution in [1.29, 1.82) is 0 Å². The van der Waals surface area contributed by atoms with E-state index in [9.17, 15) is 24.6 Å². The van der Waals surface area contributed by atoms with Crippen LogP contribution in [0, 0.1) is 5.92 Å². The van der Waals surface area contributed by atoms with Crippen molar-refractivity contribution in [1.82, 2.24) is 35.5 Å². The van der Waals surface area contributed by atoms with Crippen molar-refractivity contribution >= 4 is 47.0 Å². The van der Waals surface area contributed by atoms with Crippen LogP contribution in [0.15, 0.2) is 55.0 Å². The summed E-state index contributed by atoms with van der Waals surface area (Å²) in [5.74, 6) is -1.35. The quantitative estimate of drug-likeness (QED) is 0.179. The number of hydrogen-bond donors (Lipinski definition) is 6. The molecule has 0 spiro atoms. The SMILES string of the molecule is COC(=O)Nc1ccc2c(c1)NC(=O)CC(O)C(O)[C@@H]1C[C@]1(NC(=O)/C=C/c1cc(Cl)ccc1-n1cnnn1)c1ncc-2[nH]1. The van der Waals surface area contributed by atoms with Gasteiger partial charge in [0.05, 0.1) is 49.0 Å². The molecule has 3 heterocycles. The molecular weight excluding hydrogens is 594 g/mol. The number of carbonyl (C=O) groups excluding carboxylic acids is 3. The van der Waals surface area contributed by atoms with E-state index in [2.05, 4.69) is 46.2 Å². The molecule has 2 unspecified atom stereocenters. The van der Waals surface area contributed by atoms with Gasteiger partial charge in [0, 0.05) is 33.8 Å². The van der Waals surface area contributed by atoms with E-state index in [1.54, 1.807) is 36.4 Å². The molecule has 1 aliphatic heterocycles. The third kappa shape index (κ3) is 5.62. The fraction of sp³-hybridized carbons (Fsp3) is 0.250. The number of carbonyl (C=O) groups is 3. The van der Waals surface area contributed by atoms with Gasteiger partial charge in [-0.15, -0.1) is 5.10 Å². The van der Waals surface area contributed by atoms with E-state index in [1.165, 1.54) is 36.5 Å². The van der Waals surface area contributed by atoms with Crippen molar-refractivity contribution < 1.29 is 29.3 Å². The molecule has 1 fully saturated rings. The number of tetrazole rings is 1. The van der Waals surface area contributed by atoms with Gasteiger partial charge in [0.25, 0.3) is 0 Å². The molecule has 6 rings (SSSR count). The van der Waals surface area contributed by atoms with Crippen LogP contribution in [0.25, 0.3) is 23.0 Å². The van der Waals surface area contributed by atoms with Crippen LogP contribution < -0.4 is 16.0 Å². The third-order valence-electron chi connectivity index (χ3n) is 7.58. The third-order valence-corrected chi connectivity index (χ3v) is 7.81. The number of hydrogen-bond acceptors (Lipinski definition) is 10. The van der Waals surface area contributed by atoms with Crippen molar-refractivity contribution in [3.05, 3.63) is 71.4 Å². The summed E-state index contributed by atoms with van der Waals surface area (Å²) in [6, 6.07) is 9.86. The zero-order valence-electron chi connectivity index (χ0n) is 23.1. The van der Waals surface area contributed by atoms with Crippen LogP contribution in [0.1, 0.15) is 24.2 Å². The first kappa shape index (κ1) is 29.0. The van der Waals surface area contributed by atoms with Gasteiger partial charge in [-0.2, -0.15) is 4.68 Å². The van der Waals surface area contributed by atoms with Crippen molar-refractivity contribution in [3.8, 4) is 16.9 Å². The van der Waals surface area contributed by atoms with Crippen LogP contribution >= 0.6 is 11.6 Å². The maximum Gasteiger partial charge on any atom is 0.411 e. The number of anilines is 2. The Kier molecular flexibility index (Phi) is 7.59. The maximum atomic E-state index is 13.3. The van der Waals surface area contributed by atoms with Gasteiger partial charge >= 0.3 is 6.09 Å². The predicted octanol–water partition coefficient (Wildman–Crippen LogP) is 1.99. The summed E-state index contributed by atoms with van der Waals surface area (Å²) in [7, 11) is 1.23. The fourth-order valence-corrected chi connectivity index (χ4v) is 5.52. The highest BCUT2D eigenvalue weighted by atomic mass is 35.5. The van der Waals surface area contributed by atoms with Gasteiger partial charge < -0.3 is 30.6 Å². The predicted molar refractivity (Wildman–Crippen MR) is 156 cm³/mol. The number of rotatable bonds is 5. The number of nitrogens with one attached hydrogen (secondary N) is 4. The van der Waals surface area contributed by atoms with E-state index >= 15 is 0 Å². The Morgan fingerprint density at radius 1 is 1.23 bits per heavy atom. The van der Waals surface area contributed by atoms with Gasteiger partial charge in [0.15, 0.2) is 0 Å². The number of aromatic nitrogens is 6. The second-order valence-electron chi connectivity index (χ2n) is 10.4. The highest BCUT2D eigenvalue weighted by molar-refractivity contribution is 6.30. The maximum absolute atomic E-state index is 13.3. The van der Waals surface area contributed by atoms with Gasteiger partial charge in [-0.25, -0.2) is 9.78 Å². The first-order valence-electron chi connectivity index (χ1n) is 13.4. The number of ether oxygens (including phenoxy) is 1. The van der Waals surface area contributed by atoms with E-state index in [0.29, 0.717) is 44.7 Å². The highest BCUT2D eigenvalue weighted by Crippen LogP contribution is 2.54. The molecule has 1 saturated carbocycles. The number of halogens is 1. The molecule has 4 aromatic rings. The lowest BCUT2D eigenvalue weighted by atomic mass is 10.0. The molecule has 226 valence electrons. The Labute approximate surface area is 254 Å². The van der Waals surface area contributed by atoms with Crippen LogP contribution in [-0.2, 0) is 19.9 Å². The molecule has 3 amide bonds. The molecule has 0 radical (unpaired) electrons. The lowest BCUT2D eigenvalue weighted by molar-refractivity contribution is -0.121. The van der Waals surface area contributed by atoms with Crippen molar-refractivity contribution in [2.75, 3.05) is 17.7 Å². The van der Waals surface area contributed by atoms with E-state index in [0.717, 1.165) is 0 Å². The van der Waals surface area contributed by atoms with Crippen LogP contribution in [0.2, 0.25) is 5.02 Å². The summed E-state index contributed by atoms with van der Waals surface area (Å²) in [5.41, 5.74) is 1.72. The lowest BCUT2D eigenvalue weighted by Gasteiger charge is -2.23. The molecule has 15 nitrogen and oxygen atoms in total. The minimum atomic E-state index is -1.44. The minimum absolute atomic E-state index is 0.251. The number of amides is 3. The summed E-state index contributed by atoms with van der Waals surface area (Å²) in [5, 5.41) is 41.7. The highest BCUT2D eigenvalue weighted by Gasteiger charge is 2.62. The largest absolute Gasteiger partial charge is 0.453 e. The second-order valence-corrected chi connectivity index (χ2v) is 10.8. The molecule has 16 heteroatoms. The van der Waals surface area contributed by atoms with Crippen molar-refractivity contribution in [2.24, 2.45) is 5.92 Å². The molecule has 2 aromatic heterocycles. The Balaban J connectivity index is 1.32. The Morgan fingerprint density at radius 3 is 2.84 bits per heavy atom. The summed E-state index contributed by atoms with van der Waals surface area (Å²) < 4.78 is 6.07. The first-order valence-corrected chi connectivity index (χ1v) is 13.8. The number of benzene rings is 2. The number of nitrogens with zero attached hydrogens (tertiary/aromatic N) is 5. The Bertz CT molecular complexity index is 1770. The zero-order valence-corrected chi connectivity index (χ0v) is 23.8. The molecule has 0 saturated heterocycles. The number of fused-ring (bicyclic) bond motifs is 6. The molecule has 2 aliphatic rings. The molecule has 2 bridgehead atoms. The van der Waals surface area contributed by atoms with Gasteiger partial charge in [-0.3, -0.25) is 14.9 Å². The average Bonchev–Trinajstić information content (AvgIpc) is 3.34. The number of aliphatic hydroxyl groups is 2.